The number of ether oxygens (including phenoxy) is 1. The van der Waals surface area contributed by atoms with Crippen LogP contribution in [0.3, 0.4) is 0 Å². The predicted octanol–water partition coefficient (Wildman–Crippen LogP) is 1.09. The third-order valence-corrected chi connectivity index (χ3v) is 4.98. The second-order valence-electron chi connectivity index (χ2n) is 3.46. The molecular weight excluding hydrogens is 344 g/mol. The van der Waals surface area contributed by atoms with Crippen LogP contribution in [-0.4, -0.2) is 41.6 Å². The lowest BCUT2D eigenvalue weighted by Gasteiger charge is -2.07. The molecule has 2 heterocycles. The highest BCUT2D eigenvalue weighted by Gasteiger charge is 2.26. The molecule has 9 nitrogen and oxygen atoms in total. The van der Waals surface area contributed by atoms with Crippen LogP contribution >= 0.6 is 22.9 Å². The maximum atomic E-state index is 12.1. The Morgan fingerprint density at radius 3 is 2.81 bits per heavy atom. The van der Waals surface area contributed by atoms with E-state index in [9.17, 15) is 13.2 Å². The fourth-order valence-corrected chi connectivity index (χ4v) is 3.54. The number of carboxylic acid groups (broad SMARTS) is 1. The van der Waals surface area contributed by atoms with Gasteiger partial charge in [-0.25, -0.2) is 27.9 Å². The Labute approximate surface area is 127 Å². The van der Waals surface area contributed by atoms with E-state index >= 15 is 0 Å². The van der Waals surface area contributed by atoms with Crippen LogP contribution in [0.4, 0.5) is 5.95 Å². The first-order chi connectivity index (χ1) is 9.83. The zero-order chi connectivity index (χ0) is 15.6. The Morgan fingerprint density at radius 1 is 1.48 bits per heavy atom. The van der Waals surface area contributed by atoms with Gasteiger partial charge in [-0.15, -0.1) is 11.3 Å². The van der Waals surface area contributed by atoms with Crippen LogP contribution in [0.2, 0.25) is 5.15 Å². The minimum atomic E-state index is -4.20. The lowest BCUT2D eigenvalue weighted by Crippen LogP contribution is -2.17. The number of sulfonamides is 1. The van der Waals surface area contributed by atoms with E-state index < -0.39 is 25.9 Å². The van der Waals surface area contributed by atoms with Crippen molar-refractivity contribution in [2.24, 2.45) is 0 Å². The first-order valence-electron chi connectivity index (χ1n) is 5.11. The number of methoxy groups -OCH3 is 1. The third kappa shape index (κ3) is 3.37. The molecule has 2 aromatic rings. The Hall–Kier alpha value is -1.98. The van der Waals surface area contributed by atoms with Crippen LogP contribution in [0.25, 0.3) is 0 Å². The number of carboxylic acids is 1. The summed E-state index contributed by atoms with van der Waals surface area (Å²) in [7, 11) is -2.88. The number of aromatic nitrogens is 3. The Kier molecular flexibility index (Phi) is 4.25. The summed E-state index contributed by atoms with van der Waals surface area (Å²) in [5, 5.41) is 8.85. The Balaban J connectivity index is 2.40. The molecule has 0 aromatic carbocycles. The van der Waals surface area contributed by atoms with Gasteiger partial charge in [0.15, 0.2) is 9.90 Å². The molecule has 12 heteroatoms. The number of hydrogen-bond acceptors (Lipinski definition) is 8. The molecule has 0 saturated heterocycles. The molecule has 0 aliphatic carbocycles. The van der Waals surface area contributed by atoms with Gasteiger partial charge in [-0.05, 0) is 0 Å². The van der Waals surface area contributed by atoms with E-state index in [0.29, 0.717) is 11.3 Å². The summed E-state index contributed by atoms with van der Waals surface area (Å²) >= 11 is 6.35. The summed E-state index contributed by atoms with van der Waals surface area (Å²) in [5.41, 5.74) is 0.527. The topological polar surface area (TPSA) is 131 Å². The average molecular weight is 351 g/mol. The van der Waals surface area contributed by atoms with E-state index in [-0.39, 0.29) is 17.0 Å². The monoisotopic (exact) mass is 350 g/mol. The molecule has 0 fully saturated rings. The smallest absolute Gasteiger partial charge is 0.356 e. The van der Waals surface area contributed by atoms with Gasteiger partial charge in [0.05, 0.1) is 12.6 Å². The predicted molar refractivity (Wildman–Crippen MR) is 73.5 cm³/mol. The number of nitrogens with one attached hydrogen (secondary N) is 1. The van der Waals surface area contributed by atoms with E-state index in [1.165, 1.54) is 13.2 Å². The van der Waals surface area contributed by atoms with Crippen molar-refractivity contribution in [3.63, 3.8) is 0 Å². The largest absolute Gasteiger partial charge is 0.481 e. The minimum absolute atomic E-state index is 0.0395. The second-order valence-corrected chi connectivity index (χ2v) is 6.58. The highest BCUT2D eigenvalue weighted by Crippen LogP contribution is 2.23. The highest BCUT2D eigenvalue weighted by molar-refractivity contribution is 7.94. The number of aromatic carboxylic acids is 1. The number of rotatable bonds is 5. The zero-order valence-electron chi connectivity index (χ0n) is 10.3. The van der Waals surface area contributed by atoms with Crippen molar-refractivity contribution in [2.75, 3.05) is 11.8 Å². The standard InChI is InChI=1S/C9H7ClN4O5S2/c1-19-5-2-4(10)12-9(13-5)14-21(17,18)8-6(7(15)16)11-3-20-8/h2-3H,1H3,(H,15,16)(H,12,13,14). The maximum Gasteiger partial charge on any atom is 0.356 e. The summed E-state index contributed by atoms with van der Waals surface area (Å²) in [6.07, 6.45) is 0. The van der Waals surface area contributed by atoms with Crippen LogP contribution in [-0.2, 0) is 10.0 Å². The zero-order valence-corrected chi connectivity index (χ0v) is 12.7. The summed E-state index contributed by atoms with van der Waals surface area (Å²) in [4.78, 5) is 21.8. The van der Waals surface area contributed by atoms with Gasteiger partial charge in [0.1, 0.15) is 5.15 Å². The summed E-state index contributed by atoms with van der Waals surface area (Å²) in [5.74, 6) is -1.75. The van der Waals surface area contributed by atoms with Crippen LogP contribution in [0.15, 0.2) is 15.8 Å². The molecule has 0 saturated carbocycles. The number of thiazole rings is 1. The lowest BCUT2D eigenvalue weighted by molar-refractivity contribution is 0.0687. The number of carbonyl (C=O) groups is 1. The molecule has 0 amide bonds. The van der Waals surface area contributed by atoms with E-state index in [4.69, 9.17) is 21.4 Å². The quantitative estimate of drug-likeness (QED) is 0.766. The summed E-state index contributed by atoms with van der Waals surface area (Å²) in [6, 6.07) is 1.29. The summed E-state index contributed by atoms with van der Waals surface area (Å²) < 4.78 is 30.7. The molecule has 2 aromatic heterocycles. The van der Waals surface area contributed by atoms with E-state index in [0.717, 1.165) is 5.51 Å². The Bertz CT molecular complexity index is 791. The number of nitrogens with zero attached hydrogens (tertiary/aromatic N) is 3. The van der Waals surface area contributed by atoms with Gasteiger partial charge in [-0.1, -0.05) is 11.6 Å². The van der Waals surface area contributed by atoms with Gasteiger partial charge in [0.25, 0.3) is 10.0 Å². The molecule has 0 aliphatic heterocycles. The summed E-state index contributed by atoms with van der Waals surface area (Å²) in [6.45, 7) is 0. The molecule has 0 spiro atoms. The number of hydrogen-bond donors (Lipinski definition) is 2. The molecule has 0 bridgehead atoms. The van der Waals surface area contributed by atoms with Crippen LogP contribution in [0.1, 0.15) is 10.5 Å². The Morgan fingerprint density at radius 2 is 2.19 bits per heavy atom. The van der Waals surface area contributed by atoms with Crippen molar-refractivity contribution < 1.29 is 23.1 Å². The van der Waals surface area contributed by atoms with Crippen LogP contribution in [0.5, 0.6) is 5.88 Å². The maximum absolute atomic E-state index is 12.1. The number of anilines is 1. The second kappa shape index (κ2) is 5.79. The average Bonchev–Trinajstić information content (AvgIpc) is 2.87. The van der Waals surface area contributed by atoms with Gasteiger partial charge in [0.2, 0.25) is 11.8 Å². The van der Waals surface area contributed by atoms with Gasteiger partial charge in [-0.3, -0.25) is 0 Å². The van der Waals surface area contributed by atoms with E-state index in [1.54, 1.807) is 0 Å². The van der Waals surface area contributed by atoms with Crippen molar-refractivity contribution in [1.82, 2.24) is 15.0 Å². The molecule has 2 rings (SSSR count). The number of halogens is 1. The molecule has 2 N–H and O–H groups in total. The van der Waals surface area contributed by atoms with Crippen molar-refractivity contribution in [2.45, 2.75) is 4.21 Å². The van der Waals surface area contributed by atoms with Gasteiger partial charge < -0.3 is 9.84 Å². The van der Waals surface area contributed by atoms with Crippen molar-refractivity contribution >= 4 is 44.9 Å². The van der Waals surface area contributed by atoms with Gasteiger partial charge in [-0.2, -0.15) is 4.98 Å². The minimum Gasteiger partial charge on any atom is -0.481 e. The van der Waals surface area contributed by atoms with Crippen molar-refractivity contribution in [1.29, 1.82) is 0 Å². The fraction of sp³-hybridized carbons (Fsp3) is 0.111. The fourth-order valence-electron chi connectivity index (χ4n) is 1.28. The first-order valence-corrected chi connectivity index (χ1v) is 7.85. The molecule has 0 atom stereocenters. The van der Waals surface area contributed by atoms with Crippen molar-refractivity contribution in [3.05, 3.63) is 22.4 Å². The molecular formula is C9H7ClN4O5S2. The molecule has 21 heavy (non-hydrogen) atoms. The van der Waals surface area contributed by atoms with E-state index in [1.807, 2.05) is 4.72 Å². The van der Waals surface area contributed by atoms with Gasteiger partial charge >= 0.3 is 5.97 Å². The highest BCUT2D eigenvalue weighted by atomic mass is 35.5. The molecule has 0 radical (unpaired) electrons. The van der Waals surface area contributed by atoms with E-state index in [2.05, 4.69) is 15.0 Å². The third-order valence-electron chi connectivity index (χ3n) is 2.09. The van der Waals surface area contributed by atoms with Crippen molar-refractivity contribution in [3.8, 4) is 5.88 Å². The molecule has 112 valence electrons. The first kappa shape index (κ1) is 15.4. The normalized spacial score (nSPS) is 11.1. The SMILES string of the molecule is COc1cc(Cl)nc(NS(=O)(=O)c2scnc2C(=O)O)n1. The lowest BCUT2D eigenvalue weighted by atomic mass is 10.5. The van der Waals surface area contributed by atoms with Gasteiger partial charge in [0, 0.05) is 6.07 Å². The molecule has 0 unspecified atom stereocenters. The molecule has 0 aliphatic rings. The van der Waals surface area contributed by atoms with Crippen LogP contribution in [0, 0.1) is 0 Å². The van der Waals surface area contributed by atoms with Crippen LogP contribution < -0.4 is 9.46 Å².